The summed E-state index contributed by atoms with van der Waals surface area (Å²) in [7, 11) is 0. The molecule has 0 spiro atoms. The van der Waals surface area contributed by atoms with E-state index in [0.29, 0.717) is 5.69 Å². The molecule has 1 N–H and O–H groups in total. The fourth-order valence-electron chi connectivity index (χ4n) is 1.57. The van der Waals surface area contributed by atoms with Crippen molar-refractivity contribution >= 4 is 11.8 Å². The molecule has 1 aromatic carbocycles. The van der Waals surface area contributed by atoms with Crippen molar-refractivity contribution in [3.05, 3.63) is 42.2 Å². The van der Waals surface area contributed by atoms with Crippen LogP contribution in [0.2, 0.25) is 0 Å². The van der Waals surface area contributed by atoms with Crippen molar-refractivity contribution < 1.29 is 23.1 Å². The second kappa shape index (κ2) is 4.25. The standard InChI is InChI=1S/C11H9F3N2O2/c12-11(13,14)8-2-1-3-9(6-8)15-4-5-16(7-15)10(17)18/h1-6H,7H2,(H,17,18). The summed E-state index contributed by atoms with van der Waals surface area (Å²) < 4.78 is 37.6. The van der Waals surface area contributed by atoms with Gasteiger partial charge in [-0.15, -0.1) is 0 Å². The zero-order valence-electron chi connectivity index (χ0n) is 9.05. The summed E-state index contributed by atoms with van der Waals surface area (Å²) in [6.45, 7) is -0.0172. The van der Waals surface area contributed by atoms with Gasteiger partial charge in [-0.1, -0.05) is 6.07 Å². The highest BCUT2D eigenvalue weighted by Gasteiger charge is 2.31. The predicted molar refractivity (Wildman–Crippen MR) is 57.8 cm³/mol. The van der Waals surface area contributed by atoms with Crippen LogP contribution in [0.25, 0.3) is 0 Å². The summed E-state index contributed by atoms with van der Waals surface area (Å²) in [5.41, 5.74) is -0.466. The molecule has 1 heterocycles. The highest BCUT2D eigenvalue weighted by atomic mass is 19.4. The lowest BCUT2D eigenvalue weighted by Crippen LogP contribution is -2.29. The lowest BCUT2D eigenvalue weighted by Gasteiger charge is -2.19. The number of alkyl halides is 3. The lowest BCUT2D eigenvalue weighted by molar-refractivity contribution is -0.137. The highest BCUT2D eigenvalue weighted by molar-refractivity contribution is 5.68. The average molecular weight is 258 g/mol. The third-order valence-electron chi connectivity index (χ3n) is 2.48. The fourth-order valence-corrected chi connectivity index (χ4v) is 1.57. The van der Waals surface area contributed by atoms with E-state index in [1.807, 2.05) is 0 Å². The van der Waals surface area contributed by atoms with Gasteiger partial charge in [0.2, 0.25) is 0 Å². The van der Waals surface area contributed by atoms with Gasteiger partial charge in [-0.2, -0.15) is 13.2 Å². The van der Waals surface area contributed by atoms with Crippen LogP contribution in [0.3, 0.4) is 0 Å². The molecule has 0 atom stereocenters. The lowest BCUT2D eigenvalue weighted by atomic mass is 10.2. The van der Waals surface area contributed by atoms with Gasteiger partial charge in [0.05, 0.1) is 5.56 Å². The number of amides is 1. The monoisotopic (exact) mass is 258 g/mol. The van der Waals surface area contributed by atoms with Gasteiger partial charge in [0.25, 0.3) is 0 Å². The molecular formula is C11H9F3N2O2. The van der Waals surface area contributed by atoms with Gasteiger partial charge in [-0.25, -0.2) is 4.79 Å². The van der Waals surface area contributed by atoms with Gasteiger partial charge in [0.1, 0.15) is 6.67 Å². The Hall–Kier alpha value is -2.18. The molecule has 2 rings (SSSR count). The third kappa shape index (κ3) is 2.39. The molecular weight excluding hydrogens is 249 g/mol. The molecule has 7 heteroatoms. The number of carboxylic acid groups (broad SMARTS) is 1. The van der Waals surface area contributed by atoms with E-state index in [1.165, 1.54) is 29.4 Å². The van der Waals surface area contributed by atoms with Crippen LogP contribution >= 0.6 is 0 Å². The molecule has 0 saturated heterocycles. The first kappa shape index (κ1) is 12.3. The normalized spacial score (nSPS) is 15.3. The number of carbonyl (C=O) groups is 1. The van der Waals surface area contributed by atoms with Gasteiger partial charge in [0.15, 0.2) is 0 Å². The van der Waals surface area contributed by atoms with Crippen LogP contribution in [-0.4, -0.2) is 22.8 Å². The Labute approximate surface area is 101 Å². The van der Waals surface area contributed by atoms with Gasteiger partial charge < -0.3 is 10.0 Å². The minimum absolute atomic E-state index is 0.0172. The number of hydrogen-bond donors (Lipinski definition) is 1. The van der Waals surface area contributed by atoms with Crippen molar-refractivity contribution in [2.24, 2.45) is 0 Å². The molecule has 1 amide bonds. The quantitative estimate of drug-likeness (QED) is 0.842. The minimum Gasteiger partial charge on any atom is -0.465 e. The highest BCUT2D eigenvalue weighted by Crippen LogP contribution is 2.32. The van der Waals surface area contributed by atoms with Crippen LogP contribution in [-0.2, 0) is 6.18 Å². The summed E-state index contributed by atoms with van der Waals surface area (Å²) in [5.74, 6) is 0. The van der Waals surface area contributed by atoms with Crippen LogP contribution in [0, 0.1) is 0 Å². The summed E-state index contributed by atoms with van der Waals surface area (Å²) in [4.78, 5) is 13.1. The van der Waals surface area contributed by atoms with Crippen LogP contribution in [0.5, 0.6) is 0 Å². The molecule has 0 saturated carbocycles. The first-order valence-corrected chi connectivity index (χ1v) is 5.00. The van der Waals surface area contributed by atoms with Gasteiger partial charge in [-0.05, 0) is 18.2 Å². The zero-order chi connectivity index (χ0) is 13.3. The number of halogens is 3. The SMILES string of the molecule is O=C(O)N1C=CN(c2cccc(C(F)(F)F)c2)C1. The zero-order valence-corrected chi connectivity index (χ0v) is 9.05. The molecule has 4 nitrogen and oxygen atoms in total. The van der Waals surface area contributed by atoms with E-state index < -0.39 is 17.8 Å². The van der Waals surface area contributed by atoms with Crippen molar-refractivity contribution in [3.63, 3.8) is 0 Å². The van der Waals surface area contributed by atoms with Crippen molar-refractivity contribution in [2.45, 2.75) is 6.18 Å². The number of benzene rings is 1. The molecule has 0 bridgehead atoms. The number of hydrogen-bond acceptors (Lipinski definition) is 2. The topological polar surface area (TPSA) is 43.8 Å². The summed E-state index contributed by atoms with van der Waals surface area (Å²) in [6.07, 6.45) is -2.85. The Balaban J connectivity index is 2.21. The Bertz CT molecular complexity index is 499. The second-order valence-electron chi connectivity index (χ2n) is 3.71. The molecule has 96 valence electrons. The minimum atomic E-state index is -4.41. The average Bonchev–Trinajstić information content (AvgIpc) is 2.77. The smallest absolute Gasteiger partial charge is 0.416 e. The van der Waals surface area contributed by atoms with E-state index in [-0.39, 0.29) is 6.67 Å². The maximum Gasteiger partial charge on any atom is 0.416 e. The van der Waals surface area contributed by atoms with E-state index in [4.69, 9.17) is 5.11 Å². The van der Waals surface area contributed by atoms with E-state index >= 15 is 0 Å². The molecule has 1 aromatic rings. The summed E-state index contributed by atoms with van der Waals surface area (Å²) in [5, 5.41) is 8.73. The van der Waals surface area contributed by atoms with E-state index in [9.17, 15) is 18.0 Å². The van der Waals surface area contributed by atoms with Crippen LogP contribution < -0.4 is 4.90 Å². The molecule has 18 heavy (non-hydrogen) atoms. The fraction of sp³-hybridized carbons (Fsp3) is 0.182. The van der Waals surface area contributed by atoms with E-state index in [1.54, 1.807) is 0 Å². The van der Waals surface area contributed by atoms with Gasteiger partial charge in [-0.3, -0.25) is 4.90 Å². The van der Waals surface area contributed by atoms with Crippen molar-refractivity contribution in [2.75, 3.05) is 11.6 Å². The predicted octanol–water partition coefficient (Wildman–Crippen LogP) is 2.93. The molecule has 1 aliphatic heterocycles. The van der Waals surface area contributed by atoms with Crippen molar-refractivity contribution in [3.8, 4) is 0 Å². The molecule has 0 unspecified atom stereocenters. The number of rotatable bonds is 1. The Morgan fingerprint density at radius 1 is 1.28 bits per heavy atom. The Kier molecular flexibility index (Phi) is 2.90. The summed E-state index contributed by atoms with van der Waals surface area (Å²) in [6, 6.07) is 4.73. The third-order valence-corrected chi connectivity index (χ3v) is 2.48. The summed E-state index contributed by atoms with van der Waals surface area (Å²) >= 11 is 0. The molecule has 0 fully saturated rings. The van der Waals surface area contributed by atoms with Crippen molar-refractivity contribution in [1.29, 1.82) is 0 Å². The number of nitrogens with zero attached hydrogens (tertiary/aromatic N) is 2. The molecule has 1 aliphatic rings. The largest absolute Gasteiger partial charge is 0.465 e. The molecule has 0 aromatic heterocycles. The maximum absolute atomic E-state index is 12.5. The van der Waals surface area contributed by atoms with Crippen LogP contribution in [0.1, 0.15) is 5.56 Å². The van der Waals surface area contributed by atoms with Gasteiger partial charge >= 0.3 is 12.3 Å². The van der Waals surface area contributed by atoms with Crippen LogP contribution in [0.15, 0.2) is 36.7 Å². The maximum atomic E-state index is 12.5. The van der Waals surface area contributed by atoms with Gasteiger partial charge in [0, 0.05) is 18.1 Å². The number of anilines is 1. The molecule has 0 radical (unpaired) electrons. The van der Waals surface area contributed by atoms with E-state index in [2.05, 4.69) is 0 Å². The van der Waals surface area contributed by atoms with Crippen molar-refractivity contribution in [1.82, 2.24) is 4.90 Å². The van der Waals surface area contributed by atoms with E-state index in [0.717, 1.165) is 17.0 Å². The molecule has 0 aliphatic carbocycles. The Morgan fingerprint density at radius 3 is 2.56 bits per heavy atom. The first-order valence-electron chi connectivity index (χ1n) is 5.00. The van der Waals surface area contributed by atoms with Crippen LogP contribution in [0.4, 0.5) is 23.7 Å². The second-order valence-corrected chi connectivity index (χ2v) is 3.71. The Morgan fingerprint density at radius 2 is 2.00 bits per heavy atom. The first-order chi connectivity index (χ1) is 8.38.